The highest BCUT2D eigenvalue weighted by Crippen LogP contribution is 2.26. The zero-order valence-electron chi connectivity index (χ0n) is 13.9. The van der Waals surface area contributed by atoms with Gasteiger partial charge in [0.1, 0.15) is 0 Å². The third-order valence-electron chi connectivity index (χ3n) is 4.73. The first-order valence-corrected chi connectivity index (χ1v) is 8.54. The van der Waals surface area contributed by atoms with Crippen LogP contribution in [-0.4, -0.2) is 36.1 Å². The van der Waals surface area contributed by atoms with Crippen molar-refractivity contribution in [2.45, 2.75) is 83.7 Å². The first kappa shape index (κ1) is 17.5. The molecule has 0 aromatic rings. The Morgan fingerprint density at radius 3 is 2.40 bits per heavy atom. The van der Waals surface area contributed by atoms with E-state index in [9.17, 15) is 0 Å². The van der Waals surface area contributed by atoms with Crippen LogP contribution in [0.5, 0.6) is 0 Å². The normalized spacial score (nSPS) is 19.3. The minimum atomic E-state index is 0.230. The number of likely N-dealkylation sites (tertiary alicyclic amines) is 1. The Morgan fingerprint density at radius 2 is 1.85 bits per heavy atom. The van der Waals surface area contributed by atoms with Crippen molar-refractivity contribution in [3.8, 4) is 12.3 Å². The van der Waals surface area contributed by atoms with E-state index >= 15 is 0 Å². The minimum Gasteiger partial charge on any atom is -0.312 e. The summed E-state index contributed by atoms with van der Waals surface area (Å²) >= 11 is 0. The van der Waals surface area contributed by atoms with Crippen LogP contribution in [0.25, 0.3) is 0 Å². The van der Waals surface area contributed by atoms with Gasteiger partial charge in [0.25, 0.3) is 0 Å². The summed E-state index contributed by atoms with van der Waals surface area (Å²) in [5.41, 5.74) is 0.230. The summed E-state index contributed by atoms with van der Waals surface area (Å²) in [6, 6.07) is 0.550. The molecule has 0 aliphatic carbocycles. The average Bonchev–Trinajstić information content (AvgIpc) is 2.72. The third kappa shape index (κ3) is 5.46. The number of terminal acetylenes is 1. The molecule has 2 heteroatoms. The number of hydrogen-bond donors (Lipinski definition) is 1. The van der Waals surface area contributed by atoms with E-state index in [0.717, 1.165) is 19.4 Å². The van der Waals surface area contributed by atoms with Crippen molar-refractivity contribution in [1.82, 2.24) is 10.2 Å². The molecule has 0 aromatic heterocycles. The molecule has 0 bridgehead atoms. The van der Waals surface area contributed by atoms with E-state index in [4.69, 9.17) is 6.42 Å². The molecule has 1 fully saturated rings. The molecule has 0 radical (unpaired) electrons. The van der Waals surface area contributed by atoms with Crippen LogP contribution >= 0.6 is 0 Å². The van der Waals surface area contributed by atoms with Gasteiger partial charge in [-0.05, 0) is 65.6 Å². The Morgan fingerprint density at radius 1 is 1.20 bits per heavy atom. The van der Waals surface area contributed by atoms with Gasteiger partial charge in [-0.2, -0.15) is 0 Å². The predicted octanol–water partition coefficient (Wildman–Crippen LogP) is 3.81. The van der Waals surface area contributed by atoms with Crippen LogP contribution in [0.3, 0.4) is 0 Å². The van der Waals surface area contributed by atoms with Gasteiger partial charge in [-0.3, -0.25) is 4.90 Å². The van der Waals surface area contributed by atoms with Crippen LogP contribution in [0.4, 0.5) is 0 Å². The monoisotopic (exact) mass is 278 g/mol. The van der Waals surface area contributed by atoms with Crippen molar-refractivity contribution >= 4 is 0 Å². The van der Waals surface area contributed by atoms with Crippen molar-refractivity contribution in [2.24, 2.45) is 0 Å². The smallest absolute Gasteiger partial charge is 0.0306 e. The molecule has 1 saturated heterocycles. The number of unbranched alkanes of at least 4 members (excludes halogenated alkanes) is 1. The first-order chi connectivity index (χ1) is 9.62. The standard InChI is InChI=1S/C18H34N2/c1-5-7-10-13-17(19-14-6-2)18(3,4)20-15-11-8-9-12-16-20/h1,17,19H,6-16H2,2-4H3. The fourth-order valence-electron chi connectivity index (χ4n) is 3.30. The van der Waals surface area contributed by atoms with E-state index in [2.05, 4.69) is 36.9 Å². The minimum absolute atomic E-state index is 0.230. The summed E-state index contributed by atoms with van der Waals surface area (Å²) in [7, 11) is 0. The number of nitrogens with zero attached hydrogens (tertiary/aromatic N) is 1. The molecule has 1 N–H and O–H groups in total. The van der Waals surface area contributed by atoms with Crippen LogP contribution in [-0.2, 0) is 0 Å². The summed E-state index contributed by atoms with van der Waals surface area (Å²) in [4.78, 5) is 2.71. The highest BCUT2D eigenvalue weighted by Gasteiger charge is 2.34. The van der Waals surface area contributed by atoms with Crippen LogP contribution in [0.1, 0.15) is 72.1 Å². The summed E-state index contributed by atoms with van der Waals surface area (Å²) < 4.78 is 0. The highest BCUT2D eigenvalue weighted by molar-refractivity contribution is 4.95. The first-order valence-electron chi connectivity index (χ1n) is 8.54. The maximum Gasteiger partial charge on any atom is 0.0306 e. The van der Waals surface area contributed by atoms with Gasteiger partial charge in [-0.15, -0.1) is 12.3 Å². The molecular weight excluding hydrogens is 244 g/mol. The Hall–Kier alpha value is -0.520. The molecule has 1 heterocycles. The van der Waals surface area contributed by atoms with E-state index in [1.54, 1.807) is 0 Å². The van der Waals surface area contributed by atoms with Gasteiger partial charge in [-0.25, -0.2) is 0 Å². The van der Waals surface area contributed by atoms with Crippen molar-refractivity contribution in [3.63, 3.8) is 0 Å². The Labute approximate surface area is 126 Å². The van der Waals surface area contributed by atoms with E-state index in [1.165, 1.54) is 51.6 Å². The van der Waals surface area contributed by atoms with Gasteiger partial charge in [0.15, 0.2) is 0 Å². The summed E-state index contributed by atoms with van der Waals surface area (Å²) in [6.07, 6.45) is 15.3. The maximum atomic E-state index is 5.41. The molecule has 1 aliphatic rings. The largest absolute Gasteiger partial charge is 0.312 e. The molecular formula is C18H34N2. The predicted molar refractivity (Wildman–Crippen MR) is 88.9 cm³/mol. The molecule has 0 amide bonds. The quantitative estimate of drug-likeness (QED) is 0.536. The van der Waals surface area contributed by atoms with Crippen molar-refractivity contribution in [3.05, 3.63) is 0 Å². The van der Waals surface area contributed by atoms with Gasteiger partial charge >= 0.3 is 0 Å². The molecule has 1 aliphatic heterocycles. The number of nitrogens with one attached hydrogen (secondary N) is 1. The summed E-state index contributed by atoms with van der Waals surface area (Å²) in [6.45, 7) is 10.7. The molecule has 20 heavy (non-hydrogen) atoms. The van der Waals surface area contributed by atoms with Crippen LogP contribution in [0, 0.1) is 12.3 Å². The fraction of sp³-hybridized carbons (Fsp3) is 0.889. The zero-order valence-corrected chi connectivity index (χ0v) is 13.9. The van der Waals surface area contributed by atoms with Gasteiger partial charge < -0.3 is 5.32 Å². The van der Waals surface area contributed by atoms with E-state index in [1.807, 2.05) is 0 Å². The average molecular weight is 278 g/mol. The lowest BCUT2D eigenvalue weighted by atomic mass is 9.88. The van der Waals surface area contributed by atoms with Crippen LogP contribution in [0.2, 0.25) is 0 Å². The lowest BCUT2D eigenvalue weighted by Crippen LogP contribution is -2.58. The lowest BCUT2D eigenvalue weighted by molar-refractivity contribution is 0.0793. The number of rotatable bonds is 8. The lowest BCUT2D eigenvalue weighted by Gasteiger charge is -2.44. The Kier molecular flexibility index (Phi) is 8.26. The topological polar surface area (TPSA) is 15.3 Å². The van der Waals surface area contributed by atoms with Gasteiger partial charge in [0.05, 0.1) is 0 Å². The van der Waals surface area contributed by atoms with E-state index in [-0.39, 0.29) is 5.54 Å². The van der Waals surface area contributed by atoms with E-state index < -0.39 is 0 Å². The second-order valence-corrected chi connectivity index (χ2v) is 6.66. The van der Waals surface area contributed by atoms with Crippen LogP contribution < -0.4 is 5.32 Å². The van der Waals surface area contributed by atoms with Gasteiger partial charge in [0.2, 0.25) is 0 Å². The van der Waals surface area contributed by atoms with Gasteiger partial charge in [0, 0.05) is 18.0 Å². The second kappa shape index (κ2) is 9.42. The summed E-state index contributed by atoms with van der Waals surface area (Å²) in [5.74, 6) is 2.78. The zero-order chi connectivity index (χ0) is 14.8. The van der Waals surface area contributed by atoms with Crippen molar-refractivity contribution in [1.29, 1.82) is 0 Å². The van der Waals surface area contributed by atoms with Crippen molar-refractivity contribution in [2.75, 3.05) is 19.6 Å². The molecule has 116 valence electrons. The van der Waals surface area contributed by atoms with E-state index in [0.29, 0.717) is 6.04 Å². The third-order valence-corrected chi connectivity index (χ3v) is 4.73. The molecule has 1 rings (SSSR count). The molecule has 1 unspecified atom stereocenters. The van der Waals surface area contributed by atoms with Crippen molar-refractivity contribution < 1.29 is 0 Å². The Bertz CT molecular complexity index is 282. The SMILES string of the molecule is C#CCCCC(NCCC)C(C)(C)N1CCCCCC1. The Balaban J connectivity index is 2.65. The van der Waals surface area contributed by atoms with Crippen LogP contribution in [0.15, 0.2) is 0 Å². The maximum absolute atomic E-state index is 5.41. The second-order valence-electron chi connectivity index (χ2n) is 6.66. The highest BCUT2D eigenvalue weighted by atomic mass is 15.2. The molecule has 1 atom stereocenters. The fourth-order valence-corrected chi connectivity index (χ4v) is 3.30. The molecule has 2 nitrogen and oxygen atoms in total. The molecule has 0 spiro atoms. The number of hydrogen-bond acceptors (Lipinski definition) is 2. The van der Waals surface area contributed by atoms with Gasteiger partial charge in [-0.1, -0.05) is 19.8 Å². The molecule has 0 aromatic carbocycles. The summed E-state index contributed by atoms with van der Waals surface area (Å²) in [5, 5.41) is 3.78. The molecule has 0 saturated carbocycles.